The molecule has 0 aromatic carbocycles. The van der Waals surface area contributed by atoms with E-state index in [0.717, 1.165) is 12.8 Å². The molecule has 112 valence electrons. The van der Waals surface area contributed by atoms with Crippen molar-refractivity contribution in [2.75, 3.05) is 0 Å². The van der Waals surface area contributed by atoms with E-state index < -0.39 is 16.9 Å². The van der Waals surface area contributed by atoms with Crippen LogP contribution in [0.15, 0.2) is 0 Å². The fraction of sp³-hybridized carbons (Fsp3) is 0.692. The number of unbranched alkanes of at least 4 members (excludes halogenated alkanes) is 1. The standard InChI is InChI=1S/C13H21N3O4/c1-4-7-8-11(13(17)18)15-10(6-3)12(16(19)20)9(5-2)14-15/h11H,4-8H2,1-3H3,(H,17,18). The van der Waals surface area contributed by atoms with Gasteiger partial charge < -0.3 is 5.11 Å². The number of carboxylic acid groups (broad SMARTS) is 1. The largest absolute Gasteiger partial charge is 0.480 e. The Balaban J connectivity index is 3.34. The third-order valence-corrected chi connectivity index (χ3v) is 3.32. The summed E-state index contributed by atoms with van der Waals surface area (Å²) in [4.78, 5) is 22.1. The SMILES string of the molecule is CCCCC(C(=O)O)n1nc(CC)c([N+](=O)[O-])c1CC. The van der Waals surface area contributed by atoms with Crippen LogP contribution in [0.2, 0.25) is 0 Å². The first-order valence-electron chi connectivity index (χ1n) is 6.95. The van der Waals surface area contributed by atoms with E-state index in [4.69, 9.17) is 0 Å². The van der Waals surface area contributed by atoms with E-state index in [1.165, 1.54) is 4.68 Å². The highest BCUT2D eigenvalue weighted by Crippen LogP contribution is 2.29. The molecule has 1 unspecified atom stereocenters. The molecule has 0 aliphatic heterocycles. The summed E-state index contributed by atoms with van der Waals surface area (Å²) in [5.41, 5.74) is 0.725. The summed E-state index contributed by atoms with van der Waals surface area (Å²) in [6, 6.07) is -0.830. The molecule has 1 atom stereocenters. The van der Waals surface area contributed by atoms with Gasteiger partial charge >= 0.3 is 11.7 Å². The highest BCUT2D eigenvalue weighted by atomic mass is 16.6. The zero-order chi connectivity index (χ0) is 15.3. The molecule has 1 heterocycles. The van der Waals surface area contributed by atoms with Crippen LogP contribution in [0.25, 0.3) is 0 Å². The maximum atomic E-state index is 11.4. The highest BCUT2D eigenvalue weighted by molar-refractivity contribution is 5.72. The topological polar surface area (TPSA) is 98.3 Å². The number of nitro groups is 1. The molecule has 0 aliphatic carbocycles. The van der Waals surface area contributed by atoms with E-state index in [1.807, 2.05) is 6.92 Å². The van der Waals surface area contributed by atoms with Crippen LogP contribution < -0.4 is 0 Å². The number of carboxylic acids is 1. The molecule has 0 fully saturated rings. The van der Waals surface area contributed by atoms with Gasteiger partial charge in [0.05, 0.1) is 4.92 Å². The van der Waals surface area contributed by atoms with Crippen molar-refractivity contribution in [1.82, 2.24) is 9.78 Å². The van der Waals surface area contributed by atoms with Crippen molar-refractivity contribution >= 4 is 11.7 Å². The van der Waals surface area contributed by atoms with Crippen LogP contribution in [0.5, 0.6) is 0 Å². The van der Waals surface area contributed by atoms with Gasteiger partial charge in [0.2, 0.25) is 0 Å². The first-order valence-corrected chi connectivity index (χ1v) is 6.95. The van der Waals surface area contributed by atoms with E-state index in [1.54, 1.807) is 13.8 Å². The zero-order valence-corrected chi connectivity index (χ0v) is 12.1. The van der Waals surface area contributed by atoms with Crippen molar-refractivity contribution in [1.29, 1.82) is 0 Å². The van der Waals surface area contributed by atoms with E-state index >= 15 is 0 Å². The Morgan fingerprint density at radius 3 is 2.45 bits per heavy atom. The Bertz CT molecular complexity index is 496. The van der Waals surface area contributed by atoms with Gasteiger partial charge in [0, 0.05) is 0 Å². The zero-order valence-electron chi connectivity index (χ0n) is 12.1. The number of aryl methyl sites for hydroxylation is 1. The van der Waals surface area contributed by atoms with Crippen LogP contribution in [-0.2, 0) is 17.6 Å². The molecular weight excluding hydrogens is 262 g/mol. The first kappa shape index (κ1) is 16.1. The Morgan fingerprint density at radius 1 is 1.40 bits per heavy atom. The second kappa shape index (κ2) is 7.02. The second-order valence-corrected chi connectivity index (χ2v) is 4.65. The molecule has 1 aromatic rings. The van der Waals surface area contributed by atoms with Crippen molar-refractivity contribution in [2.24, 2.45) is 0 Å². The van der Waals surface area contributed by atoms with Gasteiger partial charge in [-0.3, -0.25) is 10.1 Å². The van der Waals surface area contributed by atoms with Gasteiger partial charge in [-0.2, -0.15) is 5.10 Å². The average Bonchev–Trinajstić information content (AvgIpc) is 2.77. The number of aromatic nitrogens is 2. The number of aliphatic carboxylic acids is 1. The van der Waals surface area contributed by atoms with Gasteiger partial charge in [-0.15, -0.1) is 0 Å². The number of carbonyl (C=O) groups is 1. The summed E-state index contributed by atoms with van der Waals surface area (Å²) < 4.78 is 1.34. The molecule has 0 saturated carbocycles. The molecule has 1 N–H and O–H groups in total. The van der Waals surface area contributed by atoms with Crippen LogP contribution >= 0.6 is 0 Å². The summed E-state index contributed by atoms with van der Waals surface area (Å²) in [5.74, 6) is -0.992. The van der Waals surface area contributed by atoms with Crippen LogP contribution in [0.1, 0.15) is 57.5 Å². The molecule has 20 heavy (non-hydrogen) atoms. The molecule has 0 radical (unpaired) electrons. The normalized spacial score (nSPS) is 12.3. The lowest BCUT2D eigenvalue weighted by atomic mass is 10.1. The summed E-state index contributed by atoms with van der Waals surface area (Å²) >= 11 is 0. The third kappa shape index (κ3) is 3.15. The monoisotopic (exact) mass is 283 g/mol. The summed E-state index contributed by atoms with van der Waals surface area (Å²) in [6.07, 6.45) is 2.85. The molecule has 1 rings (SSSR count). The lowest BCUT2D eigenvalue weighted by Crippen LogP contribution is -2.22. The van der Waals surface area contributed by atoms with Crippen molar-refractivity contribution in [3.05, 3.63) is 21.5 Å². The van der Waals surface area contributed by atoms with Crippen LogP contribution in [0, 0.1) is 10.1 Å². The van der Waals surface area contributed by atoms with E-state index in [9.17, 15) is 20.0 Å². The van der Waals surface area contributed by atoms with E-state index in [2.05, 4.69) is 5.10 Å². The summed E-state index contributed by atoms with van der Waals surface area (Å²) in [6.45, 7) is 5.53. The molecule has 7 nitrogen and oxygen atoms in total. The minimum Gasteiger partial charge on any atom is -0.480 e. The minimum absolute atomic E-state index is 0.0299. The van der Waals surface area contributed by atoms with Gasteiger partial charge in [0.1, 0.15) is 17.4 Å². The number of hydrogen-bond donors (Lipinski definition) is 1. The molecule has 1 aromatic heterocycles. The van der Waals surface area contributed by atoms with Gasteiger partial charge in [-0.1, -0.05) is 33.6 Å². The quantitative estimate of drug-likeness (QED) is 0.584. The van der Waals surface area contributed by atoms with Gasteiger partial charge in [0.15, 0.2) is 0 Å². The van der Waals surface area contributed by atoms with E-state index in [-0.39, 0.29) is 5.69 Å². The fourth-order valence-electron chi connectivity index (χ4n) is 2.30. The lowest BCUT2D eigenvalue weighted by Gasteiger charge is -2.14. The maximum absolute atomic E-state index is 11.4. The number of hydrogen-bond acceptors (Lipinski definition) is 4. The smallest absolute Gasteiger partial charge is 0.328 e. The molecule has 0 spiro atoms. The highest BCUT2D eigenvalue weighted by Gasteiger charge is 2.31. The number of nitrogens with zero attached hydrogens (tertiary/aromatic N) is 3. The maximum Gasteiger partial charge on any atom is 0.328 e. The Morgan fingerprint density at radius 2 is 2.05 bits per heavy atom. The molecule has 0 bridgehead atoms. The summed E-state index contributed by atoms with van der Waals surface area (Å²) in [5, 5.41) is 24.7. The van der Waals surface area contributed by atoms with Gasteiger partial charge in [0.25, 0.3) is 0 Å². The van der Waals surface area contributed by atoms with E-state index in [0.29, 0.717) is 30.7 Å². The molecule has 0 saturated heterocycles. The van der Waals surface area contributed by atoms with Crippen molar-refractivity contribution in [2.45, 2.75) is 58.9 Å². The molecule has 0 aliphatic rings. The average molecular weight is 283 g/mol. The van der Waals surface area contributed by atoms with Crippen LogP contribution in [0.3, 0.4) is 0 Å². The van der Waals surface area contributed by atoms with Crippen molar-refractivity contribution < 1.29 is 14.8 Å². The third-order valence-electron chi connectivity index (χ3n) is 3.32. The Kier molecular flexibility index (Phi) is 5.66. The van der Waals surface area contributed by atoms with Crippen LogP contribution in [0.4, 0.5) is 5.69 Å². The molecule has 0 amide bonds. The predicted octanol–water partition coefficient (Wildman–Crippen LogP) is 2.73. The molecule has 7 heteroatoms. The first-order chi connectivity index (χ1) is 9.47. The van der Waals surface area contributed by atoms with Gasteiger partial charge in [-0.05, 0) is 19.3 Å². The predicted molar refractivity (Wildman–Crippen MR) is 73.8 cm³/mol. The van der Waals surface area contributed by atoms with Crippen molar-refractivity contribution in [3.8, 4) is 0 Å². The molecular formula is C13H21N3O4. The fourth-order valence-corrected chi connectivity index (χ4v) is 2.30. The lowest BCUT2D eigenvalue weighted by molar-refractivity contribution is -0.386. The Labute approximate surface area is 117 Å². The summed E-state index contributed by atoms with van der Waals surface area (Å²) in [7, 11) is 0. The second-order valence-electron chi connectivity index (χ2n) is 4.65. The number of rotatable bonds is 8. The van der Waals surface area contributed by atoms with Crippen LogP contribution in [-0.4, -0.2) is 25.8 Å². The van der Waals surface area contributed by atoms with Crippen molar-refractivity contribution in [3.63, 3.8) is 0 Å². The van der Waals surface area contributed by atoms with Gasteiger partial charge in [-0.25, -0.2) is 9.48 Å². The Hall–Kier alpha value is -1.92. The minimum atomic E-state index is -0.992.